The third-order valence-corrected chi connectivity index (χ3v) is 4.95. The van der Waals surface area contributed by atoms with E-state index in [1.807, 2.05) is 0 Å². The van der Waals surface area contributed by atoms with E-state index in [-0.39, 0.29) is 24.5 Å². The highest BCUT2D eigenvalue weighted by atomic mass is 16.4. The Labute approximate surface area is 144 Å². The van der Waals surface area contributed by atoms with Gasteiger partial charge in [-0.1, -0.05) is 12.1 Å². The van der Waals surface area contributed by atoms with Gasteiger partial charge in [0.1, 0.15) is 6.54 Å². The van der Waals surface area contributed by atoms with E-state index in [1.165, 1.54) is 4.57 Å². The molecule has 0 bridgehead atoms. The van der Waals surface area contributed by atoms with Crippen molar-refractivity contribution < 1.29 is 14.0 Å². The first-order chi connectivity index (χ1) is 12.1. The SMILES string of the molecule is O=C(Cn1c(=O)oc2ccccc21)N1CCCC(N2CCNC2=O)C1. The van der Waals surface area contributed by atoms with Gasteiger partial charge in [0.15, 0.2) is 5.58 Å². The van der Waals surface area contributed by atoms with Gasteiger partial charge in [0, 0.05) is 26.2 Å². The lowest BCUT2D eigenvalue weighted by molar-refractivity contribution is -0.133. The Bertz CT molecular complexity index is 871. The standard InChI is InChI=1S/C17H20N4O4/c22-15(11-21-13-5-1-2-6-14(13)25-17(21)24)19-8-3-4-12(10-19)20-9-7-18-16(20)23/h1-2,5-6,12H,3-4,7-11H2,(H,18,23). The van der Waals surface area contributed by atoms with Gasteiger partial charge < -0.3 is 19.5 Å². The van der Waals surface area contributed by atoms with Crippen LogP contribution in [0.5, 0.6) is 0 Å². The highest BCUT2D eigenvalue weighted by molar-refractivity contribution is 5.80. The molecule has 1 N–H and O–H groups in total. The second-order valence-corrected chi connectivity index (χ2v) is 6.48. The molecule has 1 aromatic heterocycles. The van der Waals surface area contributed by atoms with Crippen molar-refractivity contribution in [3.8, 4) is 0 Å². The van der Waals surface area contributed by atoms with Crippen LogP contribution in [0, 0.1) is 0 Å². The molecule has 2 fully saturated rings. The number of para-hydroxylation sites is 2. The predicted octanol–water partition coefficient (Wildman–Crippen LogP) is 0.611. The molecule has 1 aromatic carbocycles. The van der Waals surface area contributed by atoms with Gasteiger partial charge in [-0.3, -0.25) is 9.36 Å². The maximum atomic E-state index is 12.7. The van der Waals surface area contributed by atoms with Gasteiger partial charge in [-0.2, -0.15) is 0 Å². The van der Waals surface area contributed by atoms with E-state index in [0.717, 1.165) is 12.8 Å². The van der Waals surface area contributed by atoms with Crippen LogP contribution in [-0.2, 0) is 11.3 Å². The largest absolute Gasteiger partial charge is 0.420 e. The fraction of sp³-hybridized carbons (Fsp3) is 0.471. The molecule has 25 heavy (non-hydrogen) atoms. The summed E-state index contributed by atoms with van der Waals surface area (Å²) in [6, 6.07) is 7.05. The first-order valence-corrected chi connectivity index (χ1v) is 8.54. The normalized spacial score (nSPS) is 21.0. The topological polar surface area (TPSA) is 87.8 Å². The molecule has 2 saturated heterocycles. The van der Waals surface area contributed by atoms with Crippen LogP contribution in [0.2, 0.25) is 0 Å². The van der Waals surface area contributed by atoms with E-state index < -0.39 is 5.76 Å². The number of benzene rings is 1. The van der Waals surface area contributed by atoms with E-state index in [9.17, 15) is 14.4 Å². The molecule has 8 heteroatoms. The predicted molar refractivity (Wildman–Crippen MR) is 90.2 cm³/mol. The monoisotopic (exact) mass is 344 g/mol. The second-order valence-electron chi connectivity index (χ2n) is 6.48. The minimum atomic E-state index is -0.526. The van der Waals surface area contributed by atoms with Crippen LogP contribution in [0.15, 0.2) is 33.5 Å². The van der Waals surface area contributed by atoms with Crippen molar-refractivity contribution in [1.82, 2.24) is 19.7 Å². The minimum Gasteiger partial charge on any atom is -0.408 e. The number of hydrogen-bond donors (Lipinski definition) is 1. The van der Waals surface area contributed by atoms with Crippen molar-refractivity contribution in [2.75, 3.05) is 26.2 Å². The van der Waals surface area contributed by atoms with Gasteiger partial charge in [-0.15, -0.1) is 0 Å². The van der Waals surface area contributed by atoms with Gasteiger partial charge in [-0.25, -0.2) is 9.59 Å². The number of likely N-dealkylation sites (tertiary alicyclic amines) is 1. The molecule has 1 unspecified atom stereocenters. The van der Waals surface area contributed by atoms with Gasteiger partial charge in [0.25, 0.3) is 0 Å². The highest BCUT2D eigenvalue weighted by Gasteiger charge is 2.33. The molecule has 2 aromatic rings. The van der Waals surface area contributed by atoms with Crippen LogP contribution >= 0.6 is 0 Å². The Morgan fingerprint density at radius 3 is 2.88 bits per heavy atom. The number of nitrogens with one attached hydrogen (secondary N) is 1. The molecule has 3 heterocycles. The lowest BCUT2D eigenvalue weighted by Gasteiger charge is -2.37. The molecule has 2 aliphatic rings. The summed E-state index contributed by atoms with van der Waals surface area (Å²) in [6.07, 6.45) is 1.74. The summed E-state index contributed by atoms with van der Waals surface area (Å²) >= 11 is 0. The number of carbonyl (C=O) groups excluding carboxylic acids is 2. The van der Waals surface area contributed by atoms with Crippen molar-refractivity contribution >= 4 is 23.0 Å². The lowest BCUT2D eigenvalue weighted by atomic mass is 10.0. The van der Waals surface area contributed by atoms with Crippen molar-refractivity contribution in [2.45, 2.75) is 25.4 Å². The number of oxazole rings is 1. The Hall–Kier alpha value is -2.77. The van der Waals surface area contributed by atoms with E-state index in [0.29, 0.717) is 37.3 Å². The van der Waals surface area contributed by atoms with Crippen molar-refractivity contribution in [1.29, 1.82) is 0 Å². The van der Waals surface area contributed by atoms with Crippen LogP contribution < -0.4 is 11.1 Å². The molecular formula is C17H20N4O4. The Balaban J connectivity index is 1.49. The van der Waals surface area contributed by atoms with Crippen LogP contribution in [0.1, 0.15) is 12.8 Å². The molecule has 4 rings (SSSR count). The smallest absolute Gasteiger partial charge is 0.408 e. The summed E-state index contributed by atoms with van der Waals surface area (Å²) in [6.45, 7) is 2.44. The van der Waals surface area contributed by atoms with Crippen LogP contribution in [-0.4, -0.2) is 58.5 Å². The maximum Gasteiger partial charge on any atom is 0.420 e. The Morgan fingerprint density at radius 1 is 1.24 bits per heavy atom. The van der Waals surface area contributed by atoms with Crippen LogP contribution in [0.25, 0.3) is 11.1 Å². The van der Waals surface area contributed by atoms with Crippen LogP contribution in [0.3, 0.4) is 0 Å². The molecular weight excluding hydrogens is 324 g/mol. The summed E-state index contributed by atoms with van der Waals surface area (Å²) in [7, 11) is 0. The number of piperidine rings is 1. The highest BCUT2D eigenvalue weighted by Crippen LogP contribution is 2.19. The zero-order chi connectivity index (χ0) is 17.4. The van der Waals surface area contributed by atoms with E-state index in [2.05, 4.69) is 5.32 Å². The van der Waals surface area contributed by atoms with Gasteiger partial charge in [0.2, 0.25) is 5.91 Å². The number of hydrogen-bond acceptors (Lipinski definition) is 4. The summed E-state index contributed by atoms with van der Waals surface area (Å²) in [5, 5.41) is 2.80. The molecule has 0 saturated carbocycles. The lowest BCUT2D eigenvalue weighted by Crippen LogP contribution is -2.51. The van der Waals surface area contributed by atoms with Crippen molar-refractivity contribution in [3.05, 3.63) is 34.8 Å². The zero-order valence-electron chi connectivity index (χ0n) is 13.8. The van der Waals surface area contributed by atoms with Gasteiger partial charge in [0.05, 0.1) is 11.6 Å². The summed E-state index contributed by atoms with van der Waals surface area (Å²) in [5.41, 5.74) is 1.10. The van der Waals surface area contributed by atoms with E-state index >= 15 is 0 Å². The molecule has 3 amide bonds. The minimum absolute atomic E-state index is 0.0398. The summed E-state index contributed by atoms with van der Waals surface area (Å²) in [5.74, 6) is -0.653. The number of fused-ring (bicyclic) bond motifs is 1. The summed E-state index contributed by atoms with van der Waals surface area (Å²) < 4.78 is 6.54. The number of nitrogens with zero attached hydrogens (tertiary/aromatic N) is 3. The van der Waals surface area contributed by atoms with Gasteiger partial charge in [-0.05, 0) is 25.0 Å². The molecule has 0 spiro atoms. The molecule has 8 nitrogen and oxygen atoms in total. The van der Waals surface area contributed by atoms with Crippen molar-refractivity contribution in [2.24, 2.45) is 0 Å². The van der Waals surface area contributed by atoms with E-state index in [4.69, 9.17) is 4.42 Å². The third-order valence-electron chi connectivity index (χ3n) is 4.95. The average molecular weight is 344 g/mol. The number of rotatable bonds is 3. The van der Waals surface area contributed by atoms with Crippen molar-refractivity contribution in [3.63, 3.8) is 0 Å². The quantitative estimate of drug-likeness (QED) is 0.884. The fourth-order valence-corrected chi connectivity index (χ4v) is 3.67. The molecule has 0 aliphatic carbocycles. The number of carbonyl (C=O) groups is 2. The zero-order valence-corrected chi connectivity index (χ0v) is 13.8. The Kier molecular flexibility index (Phi) is 3.95. The molecule has 2 aliphatic heterocycles. The average Bonchev–Trinajstić information content (AvgIpc) is 3.18. The first kappa shape index (κ1) is 15.7. The van der Waals surface area contributed by atoms with Crippen LogP contribution in [0.4, 0.5) is 4.79 Å². The molecule has 1 atom stereocenters. The summed E-state index contributed by atoms with van der Waals surface area (Å²) in [4.78, 5) is 40.1. The van der Waals surface area contributed by atoms with E-state index in [1.54, 1.807) is 34.1 Å². The third kappa shape index (κ3) is 2.88. The molecule has 132 valence electrons. The maximum absolute atomic E-state index is 12.7. The number of urea groups is 1. The number of amides is 3. The Morgan fingerprint density at radius 2 is 2.08 bits per heavy atom. The second kappa shape index (κ2) is 6.27. The molecule has 0 radical (unpaired) electrons. The van der Waals surface area contributed by atoms with Gasteiger partial charge >= 0.3 is 11.8 Å². The number of aromatic nitrogens is 1. The fourth-order valence-electron chi connectivity index (χ4n) is 3.67. The first-order valence-electron chi connectivity index (χ1n) is 8.54.